The van der Waals surface area contributed by atoms with Crippen LogP contribution in [0.3, 0.4) is 0 Å². The number of aromatic nitrogens is 1. The molecule has 1 amide bonds. The zero-order valence-electron chi connectivity index (χ0n) is 10.4. The Kier molecular flexibility index (Phi) is 5.15. The van der Waals surface area contributed by atoms with Crippen molar-refractivity contribution in [3.63, 3.8) is 0 Å². The summed E-state index contributed by atoms with van der Waals surface area (Å²) in [6.45, 7) is 2.84. The van der Waals surface area contributed by atoms with E-state index in [0.717, 1.165) is 11.4 Å². The normalized spacial score (nSPS) is 10.2. The highest BCUT2D eigenvalue weighted by molar-refractivity contribution is 14.1. The summed E-state index contributed by atoms with van der Waals surface area (Å²) in [7, 11) is 0. The number of halogens is 1. The van der Waals surface area contributed by atoms with E-state index in [4.69, 9.17) is 4.74 Å². The third-order valence-electron chi connectivity index (χ3n) is 2.46. The topological polar surface area (TPSA) is 42.4 Å². The molecule has 0 spiro atoms. The maximum Gasteiger partial charge on any atom is 0.274 e. The minimum absolute atomic E-state index is 0.0164. The zero-order valence-corrected chi connectivity index (χ0v) is 13.3. The highest BCUT2D eigenvalue weighted by Gasteiger charge is 2.17. The molecule has 0 saturated heterocycles. The number of benzene rings is 1. The van der Waals surface area contributed by atoms with Crippen LogP contribution in [0, 0.1) is 6.92 Å². The first kappa shape index (κ1) is 14.3. The Morgan fingerprint density at radius 1 is 1.42 bits per heavy atom. The van der Waals surface area contributed by atoms with Crippen LogP contribution in [0.1, 0.15) is 15.4 Å². The van der Waals surface area contributed by atoms with E-state index in [-0.39, 0.29) is 5.91 Å². The molecule has 0 radical (unpaired) electrons. The van der Waals surface area contributed by atoms with Crippen LogP contribution in [0.2, 0.25) is 0 Å². The fourth-order valence-electron chi connectivity index (χ4n) is 1.48. The number of aryl methyl sites for hydroxylation is 1. The molecule has 2 rings (SSSR count). The van der Waals surface area contributed by atoms with E-state index in [1.165, 1.54) is 11.3 Å². The largest absolute Gasteiger partial charge is 0.492 e. The van der Waals surface area contributed by atoms with Crippen molar-refractivity contribution in [3.05, 3.63) is 46.4 Å². The van der Waals surface area contributed by atoms with Crippen molar-refractivity contribution in [2.75, 3.05) is 13.2 Å². The van der Waals surface area contributed by atoms with E-state index in [9.17, 15) is 4.79 Å². The van der Waals surface area contributed by atoms with Crippen molar-refractivity contribution >= 4 is 40.1 Å². The summed E-state index contributed by atoms with van der Waals surface area (Å²) in [4.78, 5) is 16.9. The summed E-state index contributed by atoms with van der Waals surface area (Å²) in [6, 6.07) is 9.57. The molecule has 0 bridgehead atoms. The molecule has 0 aliphatic heterocycles. The summed E-state index contributed by atoms with van der Waals surface area (Å²) in [5.74, 6) is 0.797. The van der Waals surface area contributed by atoms with Crippen molar-refractivity contribution < 1.29 is 9.53 Å². The van der Waals surface area contributed by atoms with E-state index in [2.05, 4.69) is 4.98 Å². The van der Waals surface area contributed by atoms with Crippen molar-refractivity contribution in [1.29, 1.82) is 0 Å². The van der Waals surface area contributed by atoms with E-state index < -0.39 is 0 Å². The quantitative estimate of drug-likeness (QED) is 0.583. The lowest BCUT2D eigenvalue weighted by atomic mass is 10.3. The monoisotopic (exact) mass is 388 g/mol. The highest BCUT2D eigenvalue weighted by atomic mass is 127. The van der Waals surface area contributed by atoms with E-state index in [1.807, 2.05) is 60.1 Å². The number of nitrogens with zero attached hydrogens (tertiary/aromatic N) is 2. The maximum atomic E-state index is 12.1. The van der Waals surface area contributed by atoms with Crippen molar-refractivity contribution in [2.45, 2.75) is 6.92 Å². The molecule has 1 aromatic carbocycles. The average Bonchev–Trinajstić information content (AvgIpc) is 2.85. The first-order valence-electron chi connectivity index (χ1n) is 5.74. The number of hydrogen-bond donors (Lipinski definition) is 0. The Hall–Kier alpha value is -1.15. The molecule has 100 valence electrons. The van der Waals surface area contributed by atoms with Gasteiger partial charge in [-0.1, -0.05) is 18.2 Å². The number of carbonyl (C=O) groups is 1. The molecule has 19 heavy (non-hydrogen) atoms. The third kappa shape index (κ3) is 3.90. The first-order valence-corrected chi connectivity index (χ1v) is 7.58. The van der Waals surface area contributed by atoms with Gasteiger partial charge in [0.2, 0.25) is 0 Å². The number of para-hydroxylation sites is 1. The van der Waals surface area contributed by atoms with Gasteiger partial charge in [0.05, 0.1) is 40.6 Å². The molecular formula is C13H13IN2O2S. The second-order valence-electron chi connectivity index (χ2n) is 3.82. The van der Waals surface area contributed by atoms with E-state index >= 15 is 0 Å². The van der Waals surface area contributed by atoms with Gasteiger partial charge in [0.15, 0.2) is 0 Å². The number of thiazole rings is 1. The van der Waals surface area contributed by atoms with Crippen molar-refractivity contribution in [3.8, 4) is 5.75 Å². The lowest BCUT2D eigenvalue weighted by molar-refractivity contribution is 0.0880. The number of amides is 1. The minimum atomic E-state index is -0.0164. The Morgan fingerprint density at radius 2 is 2.16 bits per heavy atom. The highest BCUT2D eigenvalue weighted by Crippen LogP contribution is 2.17. The molecule has 4 nitrogen and oxygen atoms in total. The lowest BCUT2D eigenvalue weighted by Gasteiger charge is -2.14. The summed E-state index contributed by atoms with van der Waals surface area (Å²) in [5, 5.41) is 0. The summed E-state index contributed by atoms with van der Waals surface area (Å²) in [6.07, 6.45) is 0. The van der Waals surface area contributed by atoms with Crippen LogP contribution in [-0.2, 0) is 0 Å². The molecule has 0 unspecified atom stereocenters. The molecular weight excluding hydrogens is 375 g/mol. The van der Waals surface area contributed by atoms with Crippen LogP contribution in [0.15, 0.2) is 35.8 Å². The number of carbonyl (C=O) groups excluding carboxylic acids is 1. The van der Waals surface area contributed by atoms with Gasteiger partial charge in [-0.05, 0) is 19.1 Å². The van der Waals surface area contributed by atoms with Crippen LogP contribution in [0.5, 0.6) is 5.75 Å². The van der Waals surface area contributed by atoms with Gasteiger partial charge in [0.1, 0.15) is 17.2 Å². The Bertz CT molecular complexity index is 545. The van der Waals surface area contributed by atoms with Crippen molar-refractivity contribution in [1.82, 2.24) is 8.10 Å². The van der Waals surface area contributed by atoms with Gasteiger partial charge in [-0.3, -0.25) is 7.91 Å². The van der Waals surface area contributed by atoms with E-state index in [1.54, 1.807) is 8.62 Å². The fraction of sp³-hybridized carbons (Fsp3) is 0.231. The predicted octanol–water partition coefficient (Wildman–Crippen LogP) is 3.32. The van der Waals surface area contributed by atoms with Crippen LogP contribution in [-0.4, -0.2) is 27.2 Å². The van der Waals surface area contributed by atoms with Gasteiger partial charge in [-0.25, -0.2) is 4.98 Å². The Labute approximate surface area is 129 Å². The van der Waals surface area contributed by atoms with Crippen molar-refractivity contribution in [2.24, 2.45) is 0 Å². The fourth-order valence-corrected chi connectivity index (χ4v) is 2.83. The molecule has 1 aromatic heterocycles. The molecule has 0 aliphatic carbocycles. The molecule has 0 N–H and O–H groups in total. The number of rotatable bonds is 5. The third-order valence-corrected chi connectivity index (χ3v) is 4.30. The molecule has 0 saturated carbocycles. The van der Waals surface area contributed by atoms with Gasteiger partial charge in [-0.15, -0.1) is 11.3 Å². The Morgan fingerprint density at radius 3 is 2.79 bits per heavy atom. The second-order valence-corrected chi connectivity index (χ2v) is 5.84. The van der Waals surface area contributed by atoms with E-state index in [0.29, 0.717) is 18.0 Å². The molecule has 0 fully saturated rings. The molecule has 6 heteroatoms. The van der Waals surface area contributed by atoms with Crippen LogP contribution in [0.4, 0.5) is 0 Å². The minimum Gasteiger partial charge on any atom is -0.492 e. The molecule has 2 aromatic rings. The predicted molar refractivity (Wildman–Crippen MR) is 83.8 cm³/mol. The van der Waals surface area contributed by atoms with Gasteiger partial charge >= 0.3 is 0 Å². The summed E-state index contributed by atoms with van der Waals surface area (Å²) < 4.78 is 7.19. The zero-order chi connectivity index (χ0) is 13.7. The molecule has 1 heterocycles. The van der Waals surface area contributed by atoms with Gasteiger partial charge < -0.3 is 4.74 Å². The molecule has 0 aliphatic rings. The Balaban J connectivity index is 1.83. The smallest absolute Gasteiger partial charge is 0.274 e. The number of hydrogen-bond acceptors (Lipinski definition) is 4. The number of ether oxygens (including phenoxy) is 1. The van der Waals surface area contributed by atoms with Gasteiger partial charge in [0, 0.05) is 0 Å². The average molecular weight is 388 g/mol. The van der Waals surface area contributed by atoms with Gasteiger partial charge in [-0.2, -0.15) is 0 Å². The first-order chi connectivity index (χ1) is 9.18. The standard InChI is InChI=1S/C13H13IN2O2S/c1-10-12(19-9-15-10)13(17)16(14)7-8-18-11-5-3-2-4-6-11/h2-6,9H,7-8H2,1H3. The summed E-state index contributed by atoms with van der Waals surface area (Å²) in [5.41, 5.74) is 2.47. The lowest BCUT2D eigenvalue weighted by Crippen LogP contribution is -2.25. The molecule has 0 atom stereocenters. The SMILES string of the molecule is Cc1ncsc1C(=O)N(I)CCOc1ccccc1. The maximum absolute atomic E-state index is 12.1. The second kappa shape index (κ2) is 6.85. The summed E-state index contributed by atoms with van der Waals surface area (Å²) >= 11 is 3.38. The van der Waals surface area contributed by atoms with Gasteiger partial charge in [0.25, 0.3) is 5.91 Å². The van der Waals surface area contributed by atoms with Crippen LogP contribution >= 0.6 is 34.2 Å². The van der Waals surface area contributed by atoms with Crippen LogP contribution in [0.25, 0.3) is 0 Å². The van der Waals surface area contributed by atoms with Crippen LogP contribution < -0.4 is 4.74 Å².